The summed E-state index contributed by atoms with van der Waals surface area (Å²) in [6.07, 6.45) is 9.04. The van der Waals surface area contributed by atoms with Gasteiger partial charge < -0.3 is 0 Å². The Bertz CT molecular complexity index is 713. The maximum Gasteiger partial charge on any atom is 0.270 e. The standard InChI is InChI=1S/C21H28N2OS2/c1-2-3-4-5-6-7-10-16-26-21(25)23-22-20(24)19-15-11-13-17-12-8-9-14-18(17)19/h8-9,11-15H,2-7,10,16H2,1H3,(H,22,24)(H,23,25). The van der Waals surface area contributed by atoms with E-state index in [0.717, 1.165) is 22.9 Å². The Labute approximate surface area is 166 Å². The van der Waals surface area contributed by atoms with Crippen molar-refractivity contribution < 1.29 is 4.79 Å². The number of rotatable bonds is 9. The smallest absolute Gasteiger partial charge is 0.270 e. The number of nitrogens with one attached hydrogen (secondary N) is 2. The Morgan fingerprint density at radius 2 is 1.62 bits per heavy atom. The van der Waals surface area contributed by atoms with Gasteiger partial charge in [-0.15, -0.1) is 0 Å². The quantitative estimate of drug-likeness (QED) is 0.321. The number of hydrogen-bond acceptors (Lipinski definition) is 3. The Morgan fingerprint density at radius 3 is 2.42 bits per heavy atom. The van der Waals surface area contributed by atoms with Gasteiger partial charge in [-0.3, -0.25) is 15.6 Å². The van der Waals surface area contributed by atoms with E-state index in [-0.39, 0.29) is 5.91 Å². The minimum Gasteiger partial charge on any atom is -0.283 e. The van der Waals surface area contributed by atoms with Crippen molar-refractivity contribution in [2.24, 2.45) is 0 Å². The number of benzene rings is 2. The van der Waals surface area contributed by atoms with E-state index < -0.39 is 0 Å². The highest BCUT2D eigenvalue weighted by atomic mass is 32.2. The van der Waals surface area contributed by atoms with Crippen LogP contribution in [0.1, 0.15) is 62.2 Å². The summed E-state index contributed by atoms with van der Waals surface area (Å²) < 4.78 is 0.615. The van der Waals surface area contributed by atoms with Crippen LogP contribution in [0.15, 0.2) is 42.5 Å². The molecule has 3 nitrogen and oxygen atoms in total. The van der Waals surface area contributed by atoms with Crippen LogP contribution in [-0.4, -0.2) is 16.0 Å². The first-order valence-corrected chi connectivity index (χ1v) is 10.8. The Morgan fingerprint density at radius 1 is 0.923 bits per heavy atom. The van der Waals surface area contributed by atoms with Crippen LogP contribution in [0.3, 0.4) is 0 Å². The van der Waals surface area contributed by atoms with E-state index in [0.29, 0.717) is 9.88 Å². The first-order chi connectivity index (χ1) is 12.7. The van der Waals surface area contributed by atoms with E-state index in [1.807, 2.05) is 42.5 Å². The van der Waals surface area contributed by atoms with Gasteiger partial charge in [0.05, 0.1) is 0 Å². The Balaban J connectivity index is 1.66. The number of carbonyl (C=O) groups excluding carboxylic acids is 1. The molecule has 2 rings (SSSR count). The molecule has 26 heavy (non-hydrogen) atoms. The van der Waals surface area contributed by atoms with Crippen molar-refractivity contribution in [3.63, 3.8) is 0 Å². The molecule has 0 aromatic heterocycles. The van der Waals surface area contributed by atoms with E-state index >= 15 is 0 Å². The highest BCUT2D eigenvalue weighted by Gasteiger charge is 2.09. The zero-order valence-corrected chi connectivity index (χ0v) is 17.1. The van der Waals surface area contributed by atoms with Crippen LogP contribution >= 0.6 is 24.0 Å². The SMILES string of the molecule is CCCCCCCCCSC(=S)NNC(=O)c1cccc2ccccc12. The lowest BCUT2D eigenvalue weighted by molar-refractivity contribution is 0.0946. The van der Waals surface area contributed by atoms with E-state index in [4.69, 9.17) is 12.2 Å². The largest absolute Gasteiger partial charge is 0.283 e. The summed E-state index contributed by atoms with van der Waals surface area (Å²) >= 11 is 6.88. The highest BCUT2D eigenvalue weighted by molar-refractivity contribution is 8.22. The zero-order chi connectivity index (χ0) is 18.6. The van der Waals surface area contributed by atoms with Crippen LogP contribution in [0.5, 0.6) is 0 Å². The third-order valence-electron chi connectivity index (χ3n) is 4.29. The molecule has 5 heteroatoms. The number of unbranched alkanes of at least 4 members (excludes halogenated alkanes) is 6. The second-order valence-electron chi connectivity index (χ2n) is 6.36. The average Bonchev–Trinajstić information content (AvgIpc) is 2.67. The fraction of sp³-hybridized carbons (Fsp3) is 0.429. The number of amides is 1. The van der Waals surface area contributed by atoms with Crippen LogP contribution in [0.2, 0.25) is 0 Å². The summed E-state index contributed by atoms with van der Waals surface area (Å²) in [5.74, 6) is 0.824. The first kappa shape index (κ1) is 20.7. The summed E-state index contributed by atoms with van der Waals surface area (Å²) in [6, 6.07) is 13.6. The minimum atomic E-state index is -0.166. The molecule has 0 heterocycles. The molecule has 2 aromatic rings. The summed E-state index contributed by atoms with van der Waals surface area (Å²) in [5, 5.41) is 1.99. The lowest BCUT2D eigenvalue weighted by Gasteiger charge is -2.11. The van der Waals surface area contributed by atoms with Crippen molar-refractivity contribution >= 4 is 45.0 Å². The molecule has 2 aromatic carbocycles. The molecule has 0 aliphatic carbocycles. The van der Waals surface area contributed by atoms with Crippen LogP contribution in [0.4, 0.5) is 0 Å². The third kappa shape index (κ3) is 6.96. The number of thioether (sulfide) groups is 1. The predicted octanol–water partition coefficient (Wildman–Crippen LogP) is 5.84. The molecular formula is C21H28N2OS2. The number of hydrogen-bond donors (Lipinski definition) is 2. The zero-order valence-electron chi connectivity index (χ0n) is 15.4. The summed E-state index contributed by atoms with van der Waals surface area (Å²) in [7, 11) is 0. The third-order valence-corrected chi connectivity index (χ3v) is 5.61. The molecule has 140 valence electrons. The van der Waals surface area contributed by atoms with Gasteiger partial charge in [0, 0.05) is 11.3 Å². The highest BCUT2D eigenvalue weighted by Crippen LogP contribution is 2.18. The maximum absolute atomic E-state index is 12.4. The summed E-state index contributed by atoms with van der Waals surface area (Å²) in [6.45, 7) is 2.24. The van der Waals surface area contributed by atoms with Crippen molar-refractivity contribution in [1.82, 2.24) is 10.9 Å². The van der Waals surface area contributed by atoms with Gasteiger partial charge in [0.25, 0.3) is 5.91 Å². The molecule has 0 fully saturated rings. The maximum atomic E-state index is 12.4. The van der Waals surface area contributed by atoms with Gasteiger partial charge in [0.15, 0.2) is 4.32 Å². The molecule has 0 aliphatic rings. The molecule has 0 radical (unpaired) electrons. The van der Waals surface area contributed by atoms with Crippen molar-refractivity contribution in [3.8, 4) is 0 Å². The normalized spacial score (nSPS) is 10.7. The van der Waals surface area contributed by atoms with Crippen LogP contribution in [-0.2, 0) is 0 Å². The van der Waals surface area contributed by atoms with E-state index in [2.05, 4.69) is 17.8 Å². The molecular weight excluding hydrogens is 360 g/mol. The first-order valence-electron chi connectivity index (χ1n) is 9.43. The number of fused-ring (bicyclic) bond motifs is 1. The second kappa shape index (κ2) is 11.9. The second-order valence-corrected chi connectivity index (χ2v) is 8.13. The molecule has 0 atom stereocenters. The van der Waals surface area contributed by atoms with Crippen molar-refractivity contribution in [2.75, 3.05) is 5.75 Å². The average molecular weight is 389 g/mol. The minimum absolute atomic E-state index is 0.166. The number of hydrazine groups is 1. The van der Waals surface area contributed by atoms with Crippen molar-refractivity contribution in [3.05, 3.63) is 48.0 Å². The number of thiocarbonyl (C=S) groups is 1. The lowest BCUT2D eigenvalue weighted by atomic mass is 10.0. The number of carbonyl (C=O) groups is 1. The van der Waals surface area contributed by atoms with Crippen LogP contribution in [0, 0.1) is 0 Å². The van der Waals surface area contributed by atoms with Gasteiger partial charge in [-0.05, 0) is 23.3 Å². The van der Waals surface area contributed by atoms with Crippen LogP contribution < -0.4 is 10.9 Å². The molecule has 2 N–H and O–H groups in total. The fourth-order valence-electron chi connectivity index (χ4n) is 2.86. The lowest BCUT2D eigenvalue weighted by Crippen LogP contribution is -2.39. The van der Waals surface area contributed by atoms with Gasteiger partial charge in [0.2, 0.25) is 0 Å². The van der Waals surface area contributed by atoms with Crippen LogP contribution in [0.25, 0.3) is 10.8 Å². The molecule has 0 spiro atoms. The summed E-state index contributed by atoms with van der Waals surface area (Å²) in [4.78, 5) is 12.4. The van der Waals surface area contributed by atoms with Crippen molar-refractivity contribution in [1.29, 1.82) is 0 Å². The van der Waals surface area contributed by atoms with Gasteiger partial charge in [-0.25, -0.2) is 0 Å². The fourth-order valence-corrected chi connectivity index (χ4v) is 3.82. The van der Waals surface area contributed by atoms with Gasteiger partial charge in [-0.1, -0.05) is 106 Å². The van der Waals surface area contributed by atoms with E-state index in [9.17, 15) is 4.79 Å². The van der Waals surface area contributed by atoms with Crippen molar-refractivity contribution in [2.45, 2.75) is 51.9 Å². The molecule has 0 bridgehead atoms. The Hall–Kier alpha value is -1.59. The van der Waals surface area contributed by atoms with E-state index in [1.54, 1.807) is 11.8 Å². The van der Waals surface area contributed by atoms with Gasteiger partial charge in [0.1, 0.15) is 0 Å². The molecule has 0 unspecified atom stereocenters. The van der Waals surface area contributed by atoms with Gasteiger partial charge >= 0.3 is 0 Å². The molecule has 0 saturated heterocycles. The molecule has 0 aliphatic heterocycles. The monoisotopic (exact) mass is 388 g/mol. The topological polar surface area (TPSA) is 41.1 Å². The molecule has 1 amide bonds. The summed E-state index contributed by atoms with van der Waals surface area (Å²) in [5.41, 5.74) is 6.22. The Kier molecular flexibility index (Phi) is 9.50. The van der Waals surface area contributed by atoms with Gasteiger partial charge in [-0.2, -0.15) is 0 Å². The molecule has 0 saturated carbocycles. The van der Waals surface area contributed by atoms with E-state index in [1.165, 1.54) is 38.5 Å². The predicted molar refractivity (Wildman–Crippen MR) is 118 cm³/mol.